The molecule has 0 radical (unpaired) electrons. The Morgan fingerprint density at radius 3 is 2.42 bits per heavy atom. The fraction of sp³-hybridized carbons (Fsp3) is 0.526. The minimum Gasteiger partial charge on any atom is -0.339 e. The number of sulfone groups is 1. The number of hydrogen-bond donors (Lipinski definition) is 0. The molecular formula is C19H25N3O3S. The zero-order chi connectivity index (χ0) is 18.1. The monoisotopic (exact) mass is 375 g/mol. The molecule has 0 atom stereocenters. The van der Waals surface area contributed by atoms with Crippen molar-refractivity contribution in [3.8, 4) is 0 Å². The molecule has 4 rings (SSSR count). The lowest BCUT2D eigenvalue weighted by Gasteiger charge is -2.27. The van der Waals surface area contributed by atoms with Gasteiger partial charge in [0, 0.05) is 36.7 Å². The first-order valence-corrected chi connectivity index (χ1v) is 11.1. The van der Waals surface area contributed by atoms with E-state index in [0.717, 1.165) is 25.2 Å². The van der Waals surface area contributed by atoms with Crippen molar-refractivity contribution in [1.29, 1.82) is 0 Å². The van der Waals surface area contributed by atoms with Crippen LogP contribution in [0.3, 0.4) is 0 Å². The molecule has 0 saturated carbocycles. The van der Waals surface area contributed by atoms with Crippen molar-refractivity contribution < 1.29 is 13.2 Å². The summed E-state index contributed by atoms with van der Waals surface area (Å²) in [6, 6.07) is 8.21. The molecule has 1 aromatic carbocycles. The highest BCUT2D eigenvalue weighted by atomic mass is 32.2. The minimum absolute atomic E-state index is 0.00613. The first kappa shape index (κ1) is 17.5. The van der Waals surface area contributed by atoms with Crippen LogP contribution in [0.4, 0.5) is 0 Å². The van der Waals surface area contributed by atoms with E-state index in [1.807, 2.05) is 16.7 Å². The summed E-state index contributed by atoms with van der Waals surface area (Å²) in [5.41, 5.74) is 2.33. The zero-order valence-electron chi connectivity index (χ0n) is 14.9. The van der Waals surface area contributed by atoms with E-state index in [0.29, 0.717) is 13.1 Å². The number of benzene rings is 1. The predicted molar refractivity (Wildman–Crippen MR) is 102 cm³/mol. The molecule has 2 aliphatic heterocycles. The van der Waals surface area contributed by atoms with E-state index in [-0.39, 0.29) is 24.0 Å². The van der Waals surface area contributed by atoms with Gasteiger partial charge in [-0.3, -0.25) is 9.69 Å². The van der Waals surface area contributed by atoms with Gasteiger partial charge in [0.1, 0.15) is 6.54 Å². The summed E-state index contributed by atoms with van der Waals surface area (Å²) in [4.78, 5) is 16.8. The Morgan fingerprint density at radius 1 is 1.00 bits per heavy atom. The number of rotatable bonds is 4. The molecule has 0 N–H and O–H groups in total. The standard InChI is InChI=1S/C19H25N3O3S/c23-19(21-9-11-26(24,25)12-10-21)15-22-14-16(13-20-7-3-4-8-20)17-5-1-2-6-18(17)22/h1-2,5-6,14H,3-4,7-13,15H2. The van der Waals surface area contributed by atoms with Gasteiger partial charge >= 0.3 is 0 Å². The van der Waals surface area contributed by atoms with Crippen molar-refractivity contribution in [3.63, 3.8) is 0 Å². The lowest BCUT2D eigenvalue weighted by Crippen LogP contribution is -2.44. The molecule has 2 aromatic rings. The van der Waals surface area contributed by atoms with E-state index in [2.05, 4.69) is 23.2 Å². The van der Waals surface area contributed by atoms with Crippen LogP contribution in [-0.4, -0.2) is 66.4 Å². The third-order valence-electron chi connectivity index (χ3n) is 5.47. The molecule has 0 aliphatic carbocycles. The third kappa shape index (κ3) is 3.64. The van der Waals surface area contributed by atoms with Crippen molar-refractivity contribution >= 4 is 26.6 Å². The van der Waals surface area contributed by atoms with Crippen LogP contribution in [0.15, 0.2) is 30.5 Å². The van der Waals surface area contributed by atoms with Gasteiger partial charge < -0.3 is 9.47 Å². The number of hydrogen-bond acceptors (Lipinski definition) is 4. The summed E-state index contributed by atoms with van der Waals surface area (Å²) in [5.74, 6) is 0.143. The SMILES string of the molecule is O=C(Cn1cc(CN2CCCC2)c2ccccc21)N1CCS(=O)(=O)CC1. The Labute approximate surface area is 154 Å². The summed E-state index contributed by atoms with van der Waals surface area (Å²) < 4.78 is 25.2. The molecule has 3 heterocycles. The number of likely N-dealkylation sites (tertiary alicyclic amines) is 1. The first-order valence-electron chi connectivity index (χ1n) is 9.29. The number of fused-ring (bicyclic) bond motifs is 1. The van der Waals surface area contributed by atoms with Crippen molar-refractivity contribution in [2.24, 2.45) is 0 Å². The van der Waals surface area contributed by atoms with Gasteiger partial charge in [-0.1, -0.05) is 18.2 Å². The van der Waals surface area contributed by atoms with Gasteiger partial charge in [-0.15, -0.1) is 0 Å². The second-order valence-electron chi connectivity index (χ2n) is 7.32. The van der Waals surface area contributed by atoms with Crippen LogP contribution in [0.5, 0.6) is 0 Å². The number of nitrogens with zero attached hydrogens (tertiary/aromatic N) is 3. The Bertz CT molecular complexity index is 899. The fourth-order valence-electron chi connectivity index (χ4n) is 3.97. The second kappa shape index (κ2) is 7.04. The lowest BCUT2D eigenvalue weighted by atomic mass is 10.1. The largest absolute Gasteiger partial charge is 0.339 e. The quantitative estimate of drug-likeness (QED) is 0.812. The lowest BCUT2D eigenvalue weighted by molar-refractivity contribution is -0.131. The molecule has 140 valence electrons. The van der Waals surface area contributed by atoms with E-state index in [1.165, 1.54) is 23.8 Å². The number of aromatic nitrogens is 1. The maximum atomic E-state index is 12.7. The number of carbonyl (C=O) groups excluding carboxylic acids is 1. The molecular weight excluding hydrogens is 350 g/mol. The number of para-hydroxylation sites is 1. The summed E-state index contributed by atoms with van der Waals surface area (Å²) in [5, 5.41) is 1.20. The number of carbonyl (C=O) groups is 1. The van der Waals surface area contributed by atoms with Crippen molar-refractivity contribution in [2.75, 3.05) is 37.7 Å². The average molecular weight is 375 g/mol. The van der Waals surface area contributed by atoms with Crippen LogP contribution < -0.4 is 0 Å². The third-order valence-corrected chi connectivity index (χ3v) is 7.08. The maximum Gasteiger partial charge on any atom is 0.242 e. The summed E-state index contributed by atoms with van der Waals surface area (Å²) in [6.07, 6.45) is 4.62. The van der Waals surface area contributed by atoms with Crippen LogP contribution in [0.25, 0.3) is 10.9 Å². The second-order valence-corrected chi connectivity index (χ2v) is 9.62. The summed E-state index contributed by atoms with van der Waals surface area (Å²) in [7, 11) is -2.97. The highest BCUT2D eigenvalue weighted by molar-refractivity contribution is 7.91. The predicted octanol–water partition coefficient (Wildman–Crippen LogP) is 1.49. The zero-order valence-corrected chi connectivity index (χ0v) is 15.7. The highest BCUT2D eigenvalue weighted by Crippen LogP contribution is 2.24. The van der Waals surface area contributed by atoms with Crippen LogP contribution >= 0.6 is 0 Å². The van der Waals surface area contributed by atoms with Crippen LogP contribution in [0.2, 0.25) is 0 Å². The Balaban J connectivity index is 1.53. The minimum atomic E-state index is -2.97. The van der Waals surface area contributed by atoms with Gasteiger partial charge in [0.15, 0.2) is 9.84 Å². The molecule has 2 aliphatic rings. The molecule has 7 heteroatoms. The molecule has 2 fully saturated rings. The molecule has 6 nitrogen and oxygen atoms in total. The molecule has 26 heavy (non-hydrogen) atoms. The van der Waals surface area contributed by atoms with Gasteiger partial charge in [0.2, 0.25) is 5.91 Å². The maximum absolute atomic E-state index is 12.7. The van der Waals surface area contributed by atoms with Crippen molar-refractivity contribution in [1.82, 2.24) is 14.4 Å². The van der Waals surface area contributed by atoms with Gasteiger partial charge in [-0.05, 0) is 37.6 Å². The average Bonchev–Trinajstić information content (AvgIpc) is 3.24. The molecule has 1 amide bonds. The molecule has 0 unspecified atom stereocenters. The highest BCUT2D eigenvalue weighted by Gasteiger charge is 2.25. The van der Waals surface area contributed by atoms with Crippen LogP contribution in [-0.2, 0) is 27.7 Å². The Morgan fingerprint density at radius 2 is 1.69 bits per heavy atom. The van der Waals surface area contributed by atoms with Crippen LogP contribution in [0.1, 0.15) is 18.4 Å². The van der Waals surface area contributed by atoms with Crippen molar-refractivity contribution in [2.45, 2.75) is 25.9 Å². The molecule has 2 saturated heterocycles. The Kier molecular flexibility index (Phi) is 4.75. The number of amides is 1. The van der Waals surface area contributed by atoms with E-state index in [9.17, 15) is 13.2 Å². The van der Waals surface area contributed by atoms with E-state index in [4.69, 9.17) is 0 Å². The smallest absolute Gasteiger partial charge is 0.242 e. The molecule has 1 aromatic heterocycles. The fourth-order valence-corrected chi connectivity index (χ4v) is 5.17. The normalized spacial score (nSPS) is 20.7. The molecule has 0 bridgehead atoms. The van der Waals surface area contributed by atoms with E-state index >= 15 is 0 Å². The van der Waals surface area contributed by atoms with E-state index in [1.54, 1.807) is 4.90 Å². The van der Waals surface area contributed by atoms with Gasteiger partial charge in [0.25, 0.3) is 0 Å². The van der Waals surface area contributed by atoms with Crippen molar-refractivity contribution in [3.05, 3.63) is 36.0 Å². The Hall–Kier alpha value is -1.86. The van der Waals surface area contributed by atoms with Gasteiger partial charge in [-0.2, -0.15) is 0 Å². The summed E-state index contributed by atoms with van der Waals surface area (Å²) in [6.45, 7) is 4.08. The summed E-state index contributed by atoms with van der Waals surface area (Å²) >= 11 is 0. The first-order chi connectivity index (χ1) is 12.5. The van der Waals surface area contributed by atoms with Crippen LogP contribution in [0, 0.1) is 0 Å². The molecule has 0 spiro atoms. The van der Waals surface area contributed by atoms with E-state index < -0.39 is 9.84 Å². The topological polar surface area (TPSA) is 62.6 Å². The van der Waals surface area contributed by atoms with Gasteiger partial charge in [0.05, 0.1) is 11.5 Å². The van der Waals surface area contributed by atoms with Gasteiger partial charge in [-0.25, -0.2) is 8.42 Å².